The van der Waals surface area contributed by atoms with Crippen molar-refractivity contribution in [3.05, 3.63) is 35.9 Å². The second-order valence-corrected chi connectivity index (χ2v) is 4.96. The zero-order valence-electron chi connectivity index (χ0n) is 11.8. The van der Waals surface area contributed by atoms with E-state index in [1.807, 2.05) is 18.2 Å². The minimum atomic E-state index is -0.968. The van der Waals surface area contributed by atoms with E-state index in [1.165, 1.54) is 0 Å². The van der Waals surface area contributed by atoms with E-state index >= 15 is 0 Å². The van der Waals surface area contributed by atoms with Gasteiger partial charge in [0.2, 0.25) is 0 Å². The van der Waals surface area contributed by atoms with Crippen molar-refractivity contribution < 1.29 is 24.2 Å². The van der Waals surface area contributed by atoms with Crippen molar-refractivity contribution in [1.29, 1.82) is 0 Å². The highest BCUT2D eigenvalue weighted by Gasteiger charge is 2.30. The van der Waals surface area contributed by atoms with Crippen molar-refractivity contribution in [2.75, 3.05) is 19.8 Å². The molecule has 21 heavy (non-hydrogen) atoms. The van der Waals surface area contributed by atoms with E-state index in [9.17, 15) is 14.7 Å². The Kier molecular flexibility index (Phi) is 5.30. The number of amides is 1. The third-order valence-corrected chi connectivity index (χ3v) is 3.45. The molecule has 1 aliphatic rings. The number of carboxylic acids is 1. The van der Waals surface area contributed by atoms with Gasteiger partial charge in [-0.3, -0.25) is 9.59 Å². The van der Waals surface area contributed by atoms with Gasteiger partial charge in [0.25, 0.3) is 5.91 Å². The Bertz CT molecular complexity index is 484. The lowest BCUT2D eigenvalue weighted by Crippen LogP contribution is -2.46. The number of carboxylic acid groups (broad SMARTS) is 1. The fourth-order valence-corrected chi connectivity index (χ4v) is 2.19. The lowest BCUT2D eigenvalue weighted by atomic mass is 9.94. The first-order chi connectivity index (χ1) is 10.1. The van der Waals surface area contributed by atoms with Gasteiger partial charge in [0.15, 0.2) is 6.10 Å². The quantitative estimate of drug-likeness (QED) is 0.845. The number of hydrogen-bond acceptors (Lipinski definition) is 4. The Morgan fingerprint density at radius 2 is 2.00 bits per heavy atom. The second kappa shape index (κ2) is 7.19. The molecule has 2 N–H and O–H groups in total. The number of benzene rings is 1. The molecule has 0 aliphatic carbocycles. The van der Waals surface area contributed by atoms with Crippen LogP contribution in [-0.4, -0.2) is 42.9 Å². The summed E-state index contributed by atoms with van der Waals surface area (Å²) in [4.78, 5) is 23.5. The summed E-state index contributed by atoms with van der Waals surface area (Å²) in [6.45, 7) is 2.59. The second-order valence-electron chi connectivity index (χ2n) is 4.96. The van der Waals surface area contributed by atoms with Crippen molar-refractivity contribution in [3.8, 4) is 0 Å². The Morgan fingerprint density at radius 1 is 1.29 bits per heavy atom. The monoisotopic (exact) mass is 293 g/mol. The van der Waals surface area contributed by atoms with Crippen LogP contribution in [0.5, 0.6) is 0 Å². The molecule has 0 aromatic heterocycles. The lowest BCUT2D eigenvalue weighted by Gasteiger charge is -2.27. The first-order valence-electron chi connectivity index (χ1n) is 6.87. The van der Waals surface area contributed by atoms with Crippen LogP contribution in [0.25, 0.3) is 0 Å². The van der Waals surface area contributed by atoms with Gasteiger partial charge in [0.05, 0.1) is 31.8 Å². The predicted octanol–water partition coefficient (Wildman–Crippen LogP) is 0.980. The van der Waals surface area contributed by atoms with E-state index < -0.39 is 24.0 Å². The molecule has 1 amide bonds. The van der Waals surface area contributed by atoms with Crippen LogP contribution < -0.4 is 5.32 Å². The Labute approximate surface area is 123 Å². The molecule has 1 aromatic carbocycles. The van der Waals surface area contributed by atoms with Crippen molar-refractivity contribution in [3.63, 3.8) is 0 Å². The minimum Gasteiger partial charge on any atom is -0.481 e. The van der Waals surface area contributed by atoms with Crippen molar-refractivity contribution in [2.45, 2.75) is 19.1 Å². The zero-order valence-corrected chi connectivity index (χ0v) is 11.8. The van der Waals surface area contributed by atoms with Gasteiger partial charge in [-0.15, -0.1) is 0 Å². The number of hydrogen-bond donors (Lipinski definition) is 2. The third-order valence-electron chi connectivity index (χ3n) is 3.45. The molecule has 114 valence electrons. The summed E-state index contributed by atoms with van der Waals surface area (Å²) in [7, 11) is 0. The summed E-state index contributed by atoms with van der Waals surface area (Å²) in [5, 5.41) is 12.0. The Balaban J connectivity index is 2.12. The largest absolute Gasteiger partial charge is 0.481 e. The van der Waals surface area contributed by atoms with Gasteiger partial charge in [0, 0.05) is 0 Å². The van der Waals surface area contributed by atoms with Crippen LogP contribution in [0, 0.1) is 5.92 Å². The molecule has 1 heterocycles. The van der Waals surface area contributed by atoms with Gasteiger partial charge in [0.1, 0.15) is 0 Å². The van der Waals surface area contributed by atoms with Crippen LogP contribution in [0.2, 0.25) is 0 Å². The molecule has 1 aliphatic heterocycles. The molecule has 0 radical (unpaired) electrons. The number of ether oxygens (including phenoxy) is 2. The molecule has 1 saturated heterocycles. The summed E-state index contributed by atoms with van der Waals surface area (Å²) in [6.07, 6.45) is -0.689. The van der Waals surface area contributed by atoms with Gasteiger partial charge in [-0.05, 0) is 12.5 Å². The zero-order chi connectivity index (χ0) is 15.2. The van der Waals surface area contributed by atoms with Crippen molar-refractivity contribution in [1.82, 2.24) is 5.32 Å². The van der Waals surface area contributed by atoms with Crippen LogP contribution in [0.15, 0.2) is 30.3 Å². The first kappa shape index (κ1) is 15.5. The van der Waals surface area contributed by atoms with Gasteiger partial charge < -0.3 is 19.9 Å². The molecular formula is C15H19NO5. The highest BCUT2D eigenvalue weighted by molar-refractivity contribution is 5.82. The first-order valence-corrected chi connectivity index (χ1v) is 6.87. The number of carbonyl (C=O) groups is 2. The molecule has 1 aromatic rings. The van der Waals surface area contributed by atoms with Crippen LogP contribution >= 0.6 is 0 Å². The number of nitrogens with one attached hydrogen (secondary N) is 1. The Hall–Kier alpha value is -1.92. The molecular weight excluding hydrogens is 274 g/mol. The fraction of sp³-hybridized carbons (Fsp3) is 0.467. The minimum absolute atomic E-state index is 0.189. The molecule has 1 fully saturated rings. The standard InChI is InChI=1S/C15H19NO5/c1-10(15(18)19)13(11-5-3-2-4-6-11)16-14(17)12-9-20-7-8-21-12/h2-6,10,12-13H,7-9H2,1H3,(H,16,17)(H,18,19). The lowest BCUT2D eigenvalue weighted by molar-refractivity contribution is -0.150. The molecule has 2 rings (SSSR count). The van der Waals surface area contributed by atoms with Gasteiger partial charge >= 0.3 is 5.97 Å². The van der Waals surface area contributed by atoms with E-state index in [0.717, 1.165) is 5.56 Å². The smallest absolute Gasteiger partial charge is 0.308 e. The fourth-order valence-electron chi connectivity index (χ4n) is 2.19. The number of aliphatic carboxylic acids is 1. The molecule has 0 spiro atoms. The van der Waals surface area contributed by atoms with Gasteiger partial charge in [-0.2, -0.15) is 0 Å². The summed E-state index contributed by atoms with van der Waals surface area (Å²) in [5.41, 5.74) is 0.748. The molecule has 6 heteroatoms. The molecule has 0 saturated carbocycles. The van der Waals surface area contributed by atoms with E-state index in [2.05, 4.69) is 5.32 Å². The highest BCUT2D eigenvalue weighted by atomic mass is 16.6. The van der Waals surface area contributed by atoms with Crippen LogP contribution in [0.3, 0.4) is 0 Å². The average Bonchev–Trinajstić information content (AvgIpc) is 2.53. The summed E-state index contributed by atoms with van der Waals surface area (Å²) in [6, 6.07) is 8.44. The SMILES string of the molecule is CC(C(=O)O)C(NC(=O)C1COCCO1)c1ccccc1. The molecule has 3 unspecified atom stereocenters. The van der Waals surface area contributed by atoms with E-state index in [0.29, 0.717) is 13.2 Å². The topological polar surface area (TPSA) is 84.9 Å². The summed E-state index contributed by atoms with van der Waals surface area (Å²) >= 11 is 0. The highest BCUT2D eigenvalue weighted by Crippen LogP contribution is 2.22. The summed E-state index contributed by atoms with van der Waals surface area (Å²) in [5.74, 6) is -2.07. The number of carbonyl (C=O) groups excluding carboxylic acids is 1. The number of rotatable bonds is 5. The van der Waals surface area contributed by atoms with E-state index in [4.69, 9.17) is 9.47 Å². The van der Waals surface area contributed by atoms with Crippen LogP contribution in [-0.2, 0) is 19.1 Å². The third kappa shape index (κ3) is 4.03. The maximum Gasteiger partial charge on any atom is 0.308 e. The van der Waals surface area contributed by atoms with Gasteiger partial charge in [-0.25, -0.2) is 0 Å². The molecule has 6 nitrogen and oxygen atoms in total. The normalized spacial score (nSPS) is 21.3. The predicted molar refractivity (Wildman–Crippen MR) is 74.7 cm³/mol. The van der Waals surface area contributed by atoms with Gasteiger partial charge in [-0.1, -0.05) is 30.3 Å². The van der Waals surface area contributed by atoms with E-state index in [-0.39, 0.29) is 12.5 Å². The maximum absolute atomic E-state index is 12.2. The van der Waals surface area contributed by atoms with E-state index in [1.54, 1.807) is 19.1 Å². The summed E-state index contributed by atoms with van der Waals surface area (Å²) < 4.78 is 10.5. The molecule has 0 bridgehead atoms. The van der Waals surface area contributed by atoms with Crippen molar-refractivity contribution in [2.24, 2.45) is 5.92 Å². The van der Waals surface area contributed by atoms with Crippen LogP contribution in [0.4, 0.5) is 0 Å². The Morgan fingerprint density at radius 3 is 2.57 bits per heavy atom. The maximum atomic E-state index is 12.2. The van der Waals surface area contributed by atoms with Crippen LogP contribution in [0.1, 0.15) is 18.5 Å². The average molecular weight is 293 g/mol. The molecule has 3 atom stereocenters. The van der Waals surface area contributed by atoms with Crippen molar-refractivity contribution >= 4 is 11.9 Å².